The Bertz CT molecular complexity index is 944. The lowest BCUT2D eigenvalue weighted by Crippen LogP contribution is -2.35. The summed E-state index contributed by atoms with van der Waals surface area (Å²) in [7, 11) is -1.86. The van der Waals surface area contributed by atoms with Crippen molar-refractivity contribution in [2.45, 2.75) is 14.1 Å². The molecule has 1 aliphatic rings. The number of benzene rings is 4. The molecule has 0 saturated carbocycles. The van der Waals surface area contributed by atoms with E-state index < -0.39 is 7.26 Å². The highest BCUT2D eigenvalue weighted by Gasteiger charge is 2.55. The van der Waals surface area contributed by atoms with E-state index >= 15 is 0 Å². The van der Waals surface area contributed by atoms with Gasteiger partial charge in [-0.3, -0.25) is 0 Å². The summed E-state index contributed by atoms with van der Waals surface area (Å²) in [5.74, 6) is 0. The molecule has 136 valence electrons. The quantitative estimate of drug-likeness (QED) is 0.366. The van der Waals surface area contributed by atoms with Gasteiger partial charge in [0.1, 0.15) is 23.2 Å². The van der Waals surface area contributed by atoms with Gasteiger partial charge < -0.3 is 0 Å². The predicted octanol–water partition coefficient (Wildman–Crippen LogP) is 6.16. The Morgan fingerprint density at radius 2 is 0.750 bits per heavy atom. The highest BCUT2D eigenvalue weighted by Crippen LogP contribution is 2.71. The van der Waals surface area contributed by atoms with Crippen molar-refractivity contribution in [3.05, 3.63) is 115 Å². The third-order valence-corrected chi connectivity index (χ3v) is 13.9. The number of hydrogen-bond acceptors (Lipinski definition) is 2. The minimum Gasteiger partial charge on any atom is -0.0683 e. The molecule has 0 atom stereocenters. The third kappa shape index (κ3) is 3.01. The van der Waals surface area contributed by atoms with E-state index in [1.54, 1.807) is 0 Å². The van der Waals surface area contributed by atoms with Crippen LogP contribution in [0.1, 0.15) is 0 Å². The Morgan fingerprint density at radius 1 is 0.429 bits per heavy atom. The zero-order chi connectivity index (χ0) is 18.8. The first-order chi connectivity index (χ1) is 13.9. The molecule has 0 spiro atoms. The van der Waals surface area contributed by atoms with E-state index in [0.29, 0.717) is 4.32 Å². The zero-order valence-corrected chi connectivity index (χ0v) is 17.8. The second-order valence-corrected chi connectivity index (χ2v) is 13.5. The summed E-state index contributed by atoms with van der Waals surface area (Å²) in [5.41, 5.74) is 0. The van der Waals surface area contributed by atoms with E-state index in [4.69, 9.17) is 0 Å². The van der Waals surface area contributed by atoms with Gasteiger partial charge in [-0.25, -0.2) is 0 Å². The van der Waals surface area contributed by atoms with Crippen LogP contribution in [0.4, 0.5) is 0 Å². The number of rotatable bonds is 4. The molecule has 0 nitrogen and oxygen atoms in total. The third-order valence-electron chi connectivity index (χ3n) is 5.11. The zero-order valence-electron chi connectivity index (χ0n) is 15.3. The highest BCUT2D eigenvalue weighted by molar-refractivity contribution is 8.31. The summed E-state index contributed by atoms with van der Waals surface area (Å²) < 4.78 is 0.428. The molecule has 0 N–H and O–H groups in total. The Kier molecular flexibility index (Phi) is 5.03. The summed E-state index contributed by atoms with van der Waals surface area (Å²) in [6.07, 6.45) is 0. The summed E-state index contributed by atoms with van der Waals surface area (Å²) in [6.45, 7) is 0. The second kappa shape index (κ2) is 7.79. The molecule has 0 fully saturated rings. The van der Waals surface area contributed by atoms with Crippen LogP contribution >= 0.6 is 30.8 Å². The summed E-state index contributed by atoms with van der Waals surface area (Å²) in [6, 6.07) is 42.3. The van der Waals surface area contributed by atoms with E-state index in [-0.39, 0.29) is 0 Å². The monoisotopic (exact) mass is 415 g/mol. The first kappa shape index (κ1) is 18.1. The molecule has 28 heavy (non-hydrogen) atoms. The molecule has 0 saturated heterocycles. The van der Waals surface area contributed by atoms with E-state index in [1.165, 1.54) is 25.7 Å². The molecule has 0 radical (unpaired) electrons. The van der Waals surface area contributed by atoms with Crippen molar-refractivity contribution in [2.24, 2.45) is 0 Å². The standard InChI is InChI=1S/C25H20PS2/c1-4-12-20(13-5-1)26(21-14-6-2-7-15-21,22-16-8-3-9-17-22)25-27-23-18-10-11-19-24(23)28-25/h1-19,25H/q+1. The number of hydrogen-bond donors (Lipinski definition) is 0. The molecule has 4 aromatic carbocycles. The molecule has 5 rings (SSSR count). The van der Waals surface area contributed by atoms with Crippen molar-refractivity contribution in [1.29, 1.82) is 0 Å². The van der Waals surface area contributed by atoms with Gasteiger partial charge >= 0.3 is 0 Å². The lowest BCUT2D eigenvalue weighted by atomic mass is 10.4. The molecule has 1 heterocycles. The maximum atomic E-state index is 2.33. The Morgan fingerprint density at radius 3 is 1.11 bits per heavy atom. The van der Waals surface area contributed by atoms with Crippen LogP contribution in [0.5, 0.6) is 0 Å². The summed E-state index contributed by atoms with van der Waals surface area (Å²) in [5, 5.41) is 4.35. The molecule has 1 aliphatic heterocycles. The second-order valence-electron chi connectivity index (χ2n) is 6.72. The average molecular weight is 416 g/mol. The van der Waals surface area contributed by atoms with Gasteiger partial charge in [-0.15, -0.1) is 0 Å². The molecule has 0 unspecified atom stereocenters. The van der Waals surface area contributed by atoms with E-state index in [2.05, 4.69) is 115 Å². The van der Waals surface area contributed by atoms with Crippen LogP contribution in [0.3, 0.4) is 0 Å². The largest absolute Gasteiger partial charge is 0.183 e. The molecule has 4 aromatic rings. The minimum absolute atomic E-state index is 0.428. The van der Waals surface area contributed by atoms with Gasteiger partial charge in [-0.2, -0.15) is 0 Å². The molecule has 0 aromatic heterocycles. The van der Waals surface area contributed by atoms with Crippen molar-refractivity contribution >= 4 is 46.7 Å². The van der Waals surface area contributed by atoms with Crippen LogP contribution in [0.2, 0.25) is 0 Å². The molecular formula is C25H20PS2+. The highest BCUT2D eigenvalue weighted by atomic mass is 32.2. The molecule has 3 heteroatoms. The van der Waals surface area contributed by atoms with Gasteiger partial charge in [0, 0.05) is 9.79 Å². The van der Waals surface area contributed by atoms with Gasteiger partial charge in [0.2, 0.25) is 0 Å². The summed E-state index contributed by atoms with van der Waals surface area (Å²) >= 11 is 4.08. The van der Waals surface area contributed by atoms with Crippen LogP contribution in [0.25, 0.3) is 0 Å². The van der Waals surface area contributed by atoms with Crippen molar-refractivity contribution in [3.8, 4) is 0 Å². The van der Waals surface area contributed by atoms with Gasteiger partial charge in [0.15, 0.2) is 4.32 Å². The normalized spacial score (nSPS) is 14.0. The smallest absolute Gasteiger partial charge is 0.0683 e. The van der Waals surface area contributed by atoms with Crippen molar-refractivity contribution in [3.63, 3.8) is 0 Å². The van der Waals surface area contributed by atoms with Crippen LogP contribution < -0.4 is 15.9 Å². The molecular weight excluding hydrogens is 395 g/mol. The Balaban J connectivity index is 1.79. The predicted molar refractivity (Wildman–Crippen MR) is 127 cm³/mol. The van der Waals surface area contributed by atoms with Crippen LogP contribution in [-0.2, 0) is 0 Å². The Hall–Kier alpha value is -1.99. The fourth-order valence-corrected chi connectivity index (χ4v) is 13.8. The van der Waals surface area contributed by atoms with Crippen molar-refractivity contribution in [1.82, 2.24) is 0 Å². The van der Waals surface area contributed by atoms with Crippen LogP contribution in [0, 0.1) is 0 Å². The van der Waals surface area contributed by atoms with Gasteiger partial charge in [0.05, 0.1) is 0 Å². The summed E-state index contributed by atoms with van der Waals surface area (Å²) in [4.78, 5) is 2.81. The van der Waals surface area contributed by atoms with Gasteiger partial charge in [-0.1, -0.05) is 90.3 Å². The SMILES string of the molecule is c1ccc([P+](c2ccccc2)(c2ccccc2)C2Sc3ccccc3S2)cc1. The lowest BCUT2D eigenvalue weighted by molar-refractivity contribution is 1.27. The fraction of sp³-hybridized carbons (Fsp3) is 0.0400. The molecule has 0 amide bonds. The molecule has 0 aliphatic carbocycles. The minimum atomic E-state index is -1.86. The first-order valence-electron chi connectivity index (χ1n) is 9.37. The van der Waals surface area contributed by atoms with Crippen molar-refractivity contribution in [2.75, 3.05) is 0 Å². The van der Waals surface area contributed by atoms with E-state index in [0.717, 1.165) is 0 Å². The lowest BCUT2D eigenvalue weighted by Gasteiger charge is -2.31. The number of thioether (sulfide) groups is 2. The van der Waals surface area contributed by atoms with Gasteiger partial charge in [0.25, 0.3) is 0 Å². The van der Waals surface area contributed by atoms with Crippen LogP contribution in [0.15, 0.2) is 125 Å². The Labute approximate surface area is 175 Å². The average Bonchev–Trinajstić information content (AvgIpc) is 3.21. The van der Waals surface area contributed by atoms with Gasteiger partial charge in [-0.05, 0) is 48.5 Å². The first-order valence-corrected chi connectivity index (χ1v) is 13.0. The topological polar surface area (TPSA) is 0 Å². The van der Waals surface area contributed by atoms with Crippen molar-refractivity contribution < 1.29 is 0 Å². The number of fused-ring (bicyclic) bond motifs is 1. The van der Waals surface area contributed by atoms with Crippen LogP contribution in [-0.4, -0.2) is 4.32 Å². The van der Waals surface area contributed by atoms with E-state index in [9.17, 15) is 0 Å². The van der Waals surface area contributed by atoms with E-state index in [1.807, 2.05) is 23.5 Å². The maximum absolute atomic E-state index is 2.33. The molecule has 0 bridgehead atoms. The fourth-order valence-electron chi connectivity index (χ4n) is 3.85. The maximum Gasteiger partial charge on any atom is 0.183 e.